The van der Waals surface area contributed by atoms with Crippen molar-refractivity contribution in [3.63, 3.8) is 0 Å². The number of anilines is 1. The highest BCUT2D eigenvalue weighted by Gasteiger charge is 2.16. The minimum Gasteiger partial charge on any atom is -0.310 e. The fraction of sp³-hybridized carbons (Fsp3) is 0.200. The molecule has 148 valence electrons. The van der Waals surface area contributed by atoms with Crippen LogP contribution in [0.3, 0.4) is 0 Å². The van der Waals surface area contributed by atoms with Gasteiger partial charge in [-0.25, -0.2) is 4.68 Å². The third kappa shape index (κ3) is 4.25. The molecule has 0 saturated heterocycles. The Morgan fingerprint density at radius 3 is 2.72 bits per heavy atom. The number of benzene rings is 1. The van der Waals surface area contributed by atoms with Gasteiger partial charge in [-0.15, -0.1) is 21.5 Å². The lowest BCUT2D eigenvalue weighted by atomic mass is 10.3. The maximum atomic E-state index is 12.6. The molecule has 1 amide bonds. The Labute approximate surface area is 176 Å². The SMILES string of the molecule is CCn1c(SCC(=O)Nc2cc(C)nn2-c2ccccc2)nnc1-c1cccs1. The Balaban J connectivity index is 1.46. The van der Waals surface area contributed by atoms with Gasteiger partial charge in [-0.05, 0) is 37.4 Å². The van der Waals surface area contributed by atoms with E-state index in [1.54, 1.807) is 16.0 Å². The Hall–Kier alpha value is -2.91. The van der Waals surface area contributed by atoms with Crippen LogP contribution in [-0.2, 0) is 11.3 Å². The second kappa shape index (κ2) is 8.62. The van der Waals surface area contributed by atoms with E-state index in [0.717, 1.165) is 33.8 Å². The highest BCUT2D eigenvalue weighted by Crippen LogP contribution is 2.27. The lowest BCUT2D eigenvalue weighted by molar-refractivity contribution is -0.113. The third-order valence-electron chi connectivity index (χ3n) is 4.21. The van der Waals surface area contributed by atoms with Gasteiger partial charge < -0.3 is 9.88 Å². The molecule has 0 unspecified atom stereocenters. The molecule has 0 aliphatic carbocycles. The van der Waals surface area contributed by atoms with Crippen LogP contribution in [-0.4, -0.2) is 36.2 Å². The standard InChI is InChI=1S/C20H20N6OS2/c1-3-25-19(16-10-7-11-28-16)22-23-20(25)29-13-18(27)21-17-12-14(2)24-26(17)15-8-5-4-6-9-15/h4-12H,3,13H2,1-2H3,(H,21,27). The summed E-state index contributed by atoms with van der Waals surface area (Å²) in [5, 5.41) is 18.8. The number of para-hydroxylation sites is 1. The summed E-state index contributed by atoms with van der Waals surface area (Å²) >= 11 is 3.00. The number of rotatable bonds is 7. The summed E-state index contributed by atoms with van der Waals surface area (Å²) < 4.78 is 3.77. The molecule has 0 aliphatic heterocycles. The summed E-state index contributed by atoms with van der Waals surface area (Å²) in [6, 6.07) is 15.6. The average molecular weight is 425 g/mol. The first-order chi connectivity index (χ1) is 14.2. The number of nitrogens with one attached hydrogen (secondary N) is 1. The highest BCUT2D eigenvalue weighted by molar-refractivity contribution is 7.99. The summed E-state index contributed by atoms with van der Waals surface area (Å²) in [5.74, 6) is 1.61. The number of hydrogen-bond donors (Lipinski definition) is 1. The zero-order valence-corrected chi connectivity index (χ0v) is 17.7. The molecule has 0 aliphatic rings. The van der Waals surface area contributed by atoms with Gasteiger partial charge in [0.25, 0.3) is 0 Å². The van der Waals surface area contributed by atoms with E-state index in [0.29, 0.717) is 5.82 Å². The van der Waals surface area contributed by atoms with Crippen LogP contribution in [0.2, 0.25) is 0 Å². The molecule has 4 rings (SSSR count). The molecule has 0 radical (unpaired) electrons. The molecule has 29 heavy (non-hydrogen) atoms. The van der Waals surface area contributed by atoms with Crippen LogP contribution < -0.4 is 5.32 Å². The smallest absolute Gasteiger partial charge is 0.236 e. The highest BCUT2D eigenvalue weighted by atomic mass is 32.2. The first kappa shape index (κ1) is 19.4. The van der Waals surface area contributed by atoms with Crippen LogP contribution in [0.15, 0.2) is 59.1 Å². The number of hydrogen-bond acceptors (Lipinski definition) is 6. The largest absolute Gasteiger partial charge is 0.310 e. The molecule has 0 fully saturated rings. The minimum atomic E-state index is -0.115. The molecule has 0 atom stereocenters. The predicted octanol–water partition coefficient (Wildman–Crippen LogP) is 4.25. The predicted molar refractivity (Wildman–Crippen MR) is 117 cm³/mol. The number of thioether (sulfide) groups is 1. The van der Waals surface area contributed by atoms with Gasteiger partial charge in [0.2, 0.25) is 5.91 Å². The average Bonchev–Trinajstić information content (AvgIpc) is 3.46. The van der Waals surface area contributed by atoms with E-state index in [-0.39, 0.29) is 11.7 Å². The topological polar surface area (TPSA) is 77.6 Å². The first-order valence-corrected chi connectivity index (χ1v) is 11.0. The van der Waals surface area contributed by atoms with Crippen LogP contribution in [0.1, 0.15) is 12.6 Å². The van der Waals surface area contributed by atoms with Crippen LogP contribution in [0, 0.1) is 6.92 Å². The second-order valence-electron chi connectivity index (χ2n) is 6.28. The van der Waals surface area contributed by atoms with E-state index in [1.165, 1.54) is 11.8 Å². The van der Waals surface area contributed by atoms with Crippen LogP contribution in [0.25, 0.3) is 16.4 Å². The van der Waals surface area contributed by atoms with Gasteiger partial charge in [-0.3, -0.25) is 4.79 Å². The van der Waals surface area contributed by atoms with E-state index < -0.39 is 0 Å². The fourth-order valence-electron chi connectivity index (χ4n) is 2.93. The molecule has 3 heterocycles. The van der Waals surface area contributed by atoms with Gasteiger partial charge in [0.15, 0.2) is 11.0 Å². The van der Waals surface area contributed by atoms with Crippen molar-refractivity contribution in [3.05, 3.63) is 59.6 Å². The number of aromatic nitrogens is 5. The number of amides is 1. The monoisotopic (exact) mass is 424 g/mol. The molecule has 7 nitrogen and oxygen atoms in total. The minimum absolute atomic E-state index is 0.115. The van der Waals surface area contributed by atoms with Gasteiger partial charge in [-0.2, -0.15) is 5.10 Å². The molecule has 0 bridgehead atoms. The van der Waals surface area contributed by atoms with Crippen LogP contribution in [0.4, 0.5) is 5.82 Å². The quantitative estimate of drug-likeness (QED) is 0.449. The van der Waals surface area contributed by atoms with E-state index in [9.17, 15) is 4.79 Å². The summed E-state index contributed by atoms with van der Waals surface area (Å²) in [6.07, 6.45) is 0. The van der Waals surface area contributed by atoms with Gasteiger partial charge in [-0.1, -0.05) is 36.0 Å². The number of aryl methyl sites for hydroxylation is 1. The molecular weight excluding hydrogens is 404 g/mol. The lowest BCUT2D eigenvalue weighted by Gasteiger charge is -2.09. The van der Waals surface area contributed by atoms with Crippen molar-refractivity contribution in [2.45, 2.75) is 25.5 Å². The Morgan fingerprint density at radius 1 is 1.17 bits per heavy atom. The van der Waals surface area contributed by atoms with Crippen molar-refractivity contribution in [3.8, 4) is 16.4 Å². The third-order valence-corrected chi connectivity index (χ3v) is 6.04. The second-order valence-corrected chi connectivity index (χ2v) is 8.17. The normalized spacial score (nSPS) is 11.0. The van der Waals surface area contributed by atoms with E-state index in [1.807, 2.05) is 72.3 Å². The maximum Gasteiger partial charge on any atom is 0.236 e. The molecular formula is C20H20N6OS2. The van der Waals surface area contributed by atoms with Crippen LogP contribution in [0.5, 0.6) is 0 Å². The Kier molecular flexibility index (Phi) is 5.77. The van der Waals surface area contributed by atoms with Gasteiger partial charge in [0, 0.05) is 12.6 Å². The molecule has 1 N–H and O–H groups in total. The van der Waals surface area contributed by atoms with Crippen molar-refractivity contribution in [1.29, 1.82) is 0 Å². The summed E-state index contributed by atoms with van der Waals surface area (Å²) in [4.78, 5) is 13.7. The van der Waals surface area contributed by atoms with Crippen molar-refractivity contribution in [1.82, 2.24) is 24.5 Å². The molecule has 3 aromatic heterocycles. The molecule has 0 saturated carbocycles. The number of carbonyl (C=O) groups excluding carboxylic acids is 1. The van der Waals surface area contributed by atoms with E-state index in [2.05, 4.69) is 20.6 Å². The van der Waals surface area contributed by atoms with Crippen molar-refractivity contribution in [2.75, 3.05) is 11.1 Å². The fourth-order valence-corrected chi connectivity index (χ4v) is 4.45. The first-order valence-electron chi connectivity index (χ1n) is 9.17. The zero-order valence-electron chi connectivity index (χ0n) is 16.1. The number of thiophene rings is 1. The van der Waals surface area contributed by atoms with Gasteiger partial charge in [0.1, 0.15) is 5.82 Å². The van der Waals surface area contributed by atoms with Crippen molar-refractivity contribution in [2.24, 2.45) is 0 Å². The van der Waals surface area contributed by atoms with Crippen LogP contribution >= 0.6 is 23.1 Å². The van der Waals surface area contributed by atoms with E-state index in [4.69, 9.17) is 0 Å². The summed E-state index contributed by atoms with van der Waals surface area (Å²) in [5.41, 5.74) is 1.73. The molecule has 4 aromatic rings. The van der Waals surface area contributed by atoms with Crippen molar-refractivity contribution >= 4 is 34.8 Å². The Morgan fingerprint density at radius 2 is 2.00 bits per heavy atom. The zero-order chi connectivity index (χ0) is 20.2. The Bertz CT molecular complexity index is 1100. The molecule has 1 aromatic carbocycles. The molecule has 9 heteroatoms. The maximum absolute atomic E-state index is 12.6. The summed E-state index contributed by atoms with van der Waals surface area (Å²) in [7, 11) is 0. The molecule has 0 spiro atoms. The van der Waals surface area contributed by atoms with Gasteiger partial charge >= 0.3 is 0 Å². The number of nitrogens with zero attached hydrogens (tertiary/aromatic N) is 5. The number of carbonyl (C=O) groups is 1. The van der Waals surface area contributed by atoms with Crippen molar-refractivity contribution < 1.29 is 4.79 Å². The van der Waals surface area contributed by atoms with Gasteiger partial charge in [0.05, 0.1) is 22.0 Å². The summed E-state index contributed by atoms with van der Waals surface area (Å²) in [6.45, 7) is 4.69. The lowest BCUT2D eigenvalue weighted by Crippen LogP contribution is -2.17. The van der Waals surface area contributed by atoms with E-state index >= 15 is 0 Å².